The highest BCUT2D eigenvalue weighted by atomic mass is 79.9. The van der Waals surface area contributed by atoms with E-state index in [0.29, 0.717) is 6.54 Å². The lowest BCUT2D eigenvalue weighted by Crippen LogP contribution is -2.19. The third kappa shape index (κ3) is 2.39. The van der Waals surface area contributed by atoms with Crippen LogP contribution >= 0.6 is 31.9 Å². The second-order valence-corrected chi connectivity index (χ2v) is 6.60. The van der Waals surface area contributed by atoms with Crippen molar-refractivity contribution in [2.75, 3.05) is 6.61 Å². The number of fused-ring (bicyclic) bond motifs is 3. The van der Waals surface area contributed by atoms with Crippen LogP contribution in [0.5, 0.6) is 0 Å². The second kappa shape index (κ2) is 5.48. The van der Waals surface area contributed by atoms with E-state index in [-0.39, 0.29) is 6.61 Å². The fraction of sp³-hybridized carbons (Fsp3) is 0.200. The molecule has 3 nitrogen and oxygen atoms in total. The molecule has 1 unspecified atom stereocenters. The SMILES string of the molecule is OCC(O)Cn1c2ccc(Br)cc2c2cc(Br)ccc21. The van der Waals surface area contributed by atoms with E-state index in [0.717, 1.165) is 30.8 Å². The van der Waals surface area contributed by atoms with Gasteiger partial charge >= 0.3 is 0 Å². The number of nitrogens with zero attached hydrogens (tertiary/aromatic N) is 1. The highest BCUT2D eigenvalue weighted by molar-refractivity contribution is 9.10. The highest BCUT2D eigenvalue weighted by Gasteiger charge is 2.13. The lowest BCUT2D eigenvalue weighted by Gasteiger charge is -2.11. The normalized spacial score (nSPS) is 13.2. The molecule has 0 radical (unpaired) electrons. The maximum absolute atomic E-state index is 9.77. The number of aliphatic hydroxyl groups excluding tert-OH is 2. The number of hydrogen-bond donors (Lipinski definition) is 2. The molecule has 5 heteroatoms. The Hall–Kier alpha value is -0.880. The van der Waals surface area contributed by atoms with Gasteiger partial charge in [-0.25, -0.2) is 0 Å². The molecule has 1 aromatic heterocycles. The molecule has 20 heavy (non-hydrogen) atoms. The maximum Gasteiger partial charge on any atom is 0.0949 e. The van der Waals surface area contributed by atoms with Gasteiger partial charge in [-0.05, 0) is 36.4 Å². The first-order valence-electron chi connectivity index (χ1n) is 6.26. The summed E-state index contributed by atoms with van der Waals surface area (Å²) in [6.07, 6.45) is -0.763. The first kappa shape index (κ1) is 14.1. The molecule has 104 valence electrons. The molecular weight excluding hydrogens is 386 g/mol. The van der Waals surface area contributed by atoms with Crippen LogP contribution in [-0.4, -0.2) is 27.5 Å². The Morgan fingerprint density at radius 3 is 1.90 bits per heavy atom. The summed E-state index contributed by atoms with van der Waals surface area (Å²) in [5.41, 5.74) is 2.10. The van der Waals surface area contributed by atoms with E-state index in [4.69, 9.17) is 5.11 Å². The molecule has 3 rings (SSSR count). The average Bonchev–Trinajstić information content (AvgIpc) is 2.72. The van der Waals surface area contributed by atoms with Gasteiger partial charge in [-0.3, -0.25) is 0 Å². The second-order valence-electron chi connectivity index (χ2n) is 4.77. The number of aromatic nitrogens is 1. The monoisotopic (exact) mass is 397 g/mol. The number of aliphatic hydroxyl groups is 2. The van der Waals surface area contributed by atoms with E-state index in [1.807, 2.05) is 28.8 Å². The number of rotatable bonds is 3. The van der Waals surface area contributed by atoms with Gasteiger partial charge in [-0.1, -0.05) is 31.9 Å². The minimum Gasteiger partial charge on any atom is -0.394 e. The van der Waals surface area contributed by atoms with Crippen LogP contribution in [0.3, 0.4) is 0 Å². The molecule has 0 aliphatic heterocycles. The lowest BCUT2D eigenvalue weighted by atomic mass is 10.2. The Morgan fingerprint density at radius 1 is 0.950 bits per heavy atom. The third-order valence-electron chi connectivity index (χ3n) is 3.39. The van der Waals surface area contributed by atoms with Crippen molar-refractivity contribution in [3.05, 3.63) is 45.3 Å². The predicted octanol–water partition coefficient (Wildman–Crippen LogP) is 3.67. The van der Waals surface area contributed by atoms with Crippen LogP contribution in [0.25, 0.3) is 21.8 Å². The minimum absolute atomic E-state index is 0.242. The van der Waals surface area contributed by atoms with Crippen LogP contribution in [-0.2, 0) is 6.54 Å². The van der Waals surface area contributed by atoms with Crippen molar-refractivity contribution in [3.8, 4) is 0 Å². The van der Waals surface area contributed by atoms with Crippen molar-refractivity contribution in [3.63, 3.8) is 0 Å². The van der Waals surface area contributed by atoms with Crippen LogP contribution in [0.2, 0.25) is 0 Å². The number of halogens is 2. The fourth-order valence-corrected chi connectivity index (χ4v) is 3.24. The van der Waals surface area contributed by atoms with E-state index in [2.05, 4.69) is 44.0 Å². The molecular formula is C15H13Br2NO2. The van der Waals surface area contributed by atoms with Crippen LogP contribution in [0, 0.1) is 0 Å². The zero-order valence-electron chi connectivity index (χ0n) is 10.6. The first-order chi connectivity index (χ1) is 9.60. The van der Waals surface area contributed by atoms with Crippen LogP contribution in [0.1, 0.15) is 0 Å². The molecule has 0 aliphatic carbocycles. The van der Waals surface area contributed by atoms with E-state index < -0.39 is 6.10 Å². The third-order valence-corrected chi connectivity index (χ3v) is 4.38. The Balaban J connectivity index is 2.34. The summed E-state index contributed by atoms with van der Waals surface area (Å²) >= 11 is 7.00. The summed E-state index contributed by atoms with van der Waals surface area (Å²) in [5.74, 6) is 0. The molecule has 0 spiro atoms. The van der Waals surface area contributed by atoms with E-state index in [9.17, 15) is 5.11 Å². The first-order valence-corrected chi connectivity index (χ1v) is 7.84. The summed E-state index contributed by atoms with van der Waals surface area (Å²) < 4.78 is 4.09. The summed E-state index contributed by atoms with van der Waals surface area (Å²) in [7, 11) is 0. The Kier molecular flexibility index (Phi) is 3.86. The topological polar surface area (TPSA) is 45.4 Å². The van der Waals surface area contributed by atoms with Gasteiger partial charge in [0.15, 0.2) is 0 Å². The van der Waals surface area contributed by atoms with Gasteiger partial charge in [0, 0.05) is 30.8 Å². The van der Waals surface area contributed by atoms with Crippen LogP contribution in [0.4, 0.5) is 0 Å². The molecule has 0 saturated heterocycles. The smallest absolute Gasteiger partial charge is 0.0949 e. The molecule has 1 heterocycles. The summed E-state index contributed by atoms with van der Waals surface area (Å²) in [6, 6.07) is 12.2. The molecule has 0 amide bonds. The van der Waals surface area contributed by atoms with Crippen molar-refractivity contribution < 1.29 is 10.2 Å². The van der Waals surface area contributed by atoms with E-state index >= 15 is 0 Å². The fourth-order valence-electron chi connectivity index (χ4n) is 2.51. The average molecular weight is 399 g/mol. The van der Waals surface area contributed by atoms with Gasteiger partial charge in [0.05, 0.1) is 19.3 Å². The molecule has 0 saturated carbocycles. The zero-order chi connectivity index (χ0) is 14.3. The summed E-state index contributed by atoms with van der Waals surface area (Å²) in [6.45, 7) is 0.133. The zero-order valence-corrected chi connectivity index (χ0v) is 13.7. The largest absolute Gasteiger partial charge is 0.394 e. The predicted molar refractivity (Wildman–Crippen MR) is 87.9 cm³/mol. The summed E-state index contributed by atoms with van der Waals surface area (Å²) in [4.78, 5) is 0. The van der Waals surface area contributed by atoms with Crippen LogP contribution in [0.15, 0.2) is 45.3 Å². The van der Waals surface area contributed by atoms with E-state index in [1.165, 1.54) is 0 Å². The van der Waals surface area contributed by atoms with Crippen LogP contribution < -0.4 is 0 Å². The Morgan fingerprint density at radius 2 is 1.45 bits per heavy atom. The van der Waals surface area contributed by atoms with Crippen molar-refractivity contribution in [1.29, 1.82) is 0 Å². The van der Waals surface area contributed by atoms with Gasteiger partial charge in [0.2, 0.25) is 0 Å². The van der Waals surface area contributed by atoms with Crippen molar-refractivity contribution in [2.24, 2.45) is 0 Å². The standard InChI is InChI=1S/C15H13Br2NO2/c16-9-1-3-14-12(5-9)13-6-10(17)2-4-15(13)18(14)7-11(20)8-19/h1-6,11,19-20H,7-8H2. The maximum atomic E-state index is 9.77. The molecule has 2 aromatic carbocycles. The number of benzene rings is 2. The van der Waals surface area contributed by atoms with Gasteiger partial charge in [0.25, 0.3) is 0 Å². The quantitative estimate of drug-likeness (QED) is 0.706. The van der Waals surface area contributed by atoms with E-state index in [1.54, 1.807) is 0 Å². The van der Waals surface area contributed by atoms with Gasteiger partial charge in [-0.15, -0.1) is 0 Å². The Bertz CT molecular complexity index is 723. The lowest BCUT2D eigenvalue weighted by molar-refractivity contribution is 0.0831. The van der Waals surface area contributed by atoms with Gasteiger partial charge < -0.3 is 14.8 Å². The van der Waals surface area contributed by atoms with Crippen molar-refractivity contribution in [2.45, 2.75) is 12.6 Å². The molecule has 0 aliphatic rings. The molecule has 0 fully saturated rings. The molecule has 1 atom stereocenters. The highest BCUT2D eigenvalue weighted by Crippen LogP contribution is 2.33. The summed E-state index contributed by atoms with van der Waals surface area (Å²) in [5, 5.41) is 21.1. The molecule has 0 bridgehead atoms. The number of hydrogen-bond acceptors (Lipinski definition) is 2. The minimum atomic E-state index is -0.763. The molecule has 3 aromatic rings. The molecule has 2 N–H and O–H groups in total. The van der Waals surface area contributed by atoms with Gasteiger partial charge in [-0.2, -0.15) is 0 Å². The van der Waals surface area contributed by atoms with Crippen molar-refractivity contribution in [1.82, 2.24) is 4.57 Å². The van der Waals surface area contributed by atoms with Crippen molar-refractivity contribution >= 4 is 53.7 Å². The Labute approximate surface area is 133 Å². The van der Waals surface area contributed by atoms with Gasteiger partial charge in [0.1, 0.15) is 0 Å².